The van der Waals surface area contributed by atoms with E-state index in [0.717, 1.165) is 29.5 Å². The number of cyclic esters (lactones) is 1. The van der Waals surface area contributed by atoms with Gasteiger partial charge in [-0.05, 0) is 47.8 Å². The molecule has 3 rings (SSSR count). The number of rotatable bonds is 7. The summed E-state index contributed by atoms with van der Waals surface area (Å²) in [4.78, 5) is 10.4. The van der Waals surface area contributed by atoms with E-state index in [1.54, 1.807) is 0 Å². The van der Waals surface area contributed by atoms with Crippen molar-refractivity contribution in [3.63, 3.8) is 0 Å². The number of hydrogen-bond acceptors (Lipinski definition) is 4. The lowest BCUT2D eigenvalue weighted by Crippen LogP contribution is -2.17. The number of phenols is 1. The summed E-state index contributed by atoms with van der Waals surface area (Å²) in [5.41, 5.74) is 11.4. The number of hydrogen-bond donors (Lipinski definition) is 2. The molecule has 4 nitrogen and oxygen atoms in total. The van der Waals surface area contributed by atoms with E-state index in [4.69, 9.17) is 5.73 Å². The number of carbonyl (C=O) groups excluding carboxylic acids is 1. The first kappa shape index (κ1) is 26.7. The Balaban J connectivity index is 0.000000321. The van der Waals surface area contributed by atoms with Gasteiger partial charge in [-0.2, -0.15) is 0 Å². The Kier molecular flexibility index (Phi) is 8.53. The van der Waals surface area contributed by atoms with Crippen LogP contribution in [0.15, 0.2) is 48.2 Å². The van der Waals surface area contributed by atoms with Gasteiger partial charge in [-0.3, -0.25) is 0 Å². The first-order valence-corrected chi connectivity index (χ1v) is 11.9. The number of epoxide rings is 1. The highest BCUT2D eigenvalue weighted by molar-refractivity contribution is 6.00. The highest BCUT2D eigenvalue weighted by atomic mass is 16.6. The van der Waals surface area contributed by atoms with Crippen molar-refractivity contribution in [2.75, 3.05) is 0 Å². The van der Waals surface area contributed by atoms with Crippen LogP contribution in [0, 0.1) is 12.3 Å². The summed E-state index contributed by atoms with van der Waals surface area (Å²) in [5.74, 6) is 0.939. The minimum atomic E-state index is -0.165. The molecule has 0 amide bonds. The third kappa shape index (κ3) is 6.94. The fourth-order valence-electron chi connectivity index (χ4n) is 3.63. The van der Waals surface area contributed by atoms with E-state index in [1.165, 1.54) is 11.1 Å². The molecule has 2 aromatic carbocycles. The molecule has 0 spiro atoms. The summed E-state index contributed by atoms with van der Waals surface area (Å²) in [7, 11) is 0. The quantitative estimate of drug-likeness (QED) is 0.356. The summed E-state index contributed by atoms with van der Waals surface area (Å²) in [6.45, 7) is 17.6. The molecule has 1 heterocycles. The number of aromatic hydroxyl groups is 1. The van der Waals surface area contributed by atoms with Crippen molar-refractivity contribution in [1.29, 1.82) is 0 Å². The van der Waals surface area contributed by atoms with Gasteiger partial charge >= 0.3 is 5.97 Å². The lowest BCUT2D eigenvalue weighted by atomic mass is 9.78. The second kappa shape index (κ2) is 10.6. The summed E-state index contributed by atoms with van der Waals surface area (Å²) < 4.78 is 4.58. The van der Waals surface area contributed by atoms with E-state index in [1.807, 2.05) is 18.2 Å². The van der Waals surface area contributed by atoms with Gasteiger partial charge in [0.2, 0.25) is 5.76 Å². The third-order valence-electron chi connectivity index (χ3n) is 6.85. The average Bonchev–Trinajstić information content (AvgIpc) is 3.48. The topological polar surface area (TPSA) is 75.9 Å². The molecular formula is C29H41NO3. The summed E-state index contributed by atoms with van der Waals surface area (Å²) in [6.07, 6.45) is 3.89. The van der Waals surface area contributed by atoms with Crippen LogP contribution in [0.5, 0.6) is 5.75 Å². The normalized spacial score (nSPS) is 15.5. The Morgan fingerprint density at radius 2 is 1.73 bits per heavy atom. The summed E-state index contributed by atoms with van der Waals surface area (Å²) >= 11 is 0. The molecule has 1 unspecified atom stereocenters. The number of aryl methyl sites for hydroxylation is 1. The predicted molar refractivity (Wildman–Crippen MR) is 136 cm³/mol. The second-order valence-corrected chi connectivity index (χ2v) is 10.4. The standard InChI is InChI=1S/C21H29NO.C8H12O2/c1-6-21(4,5)19-11-14(2)10-18(20(19)23)15(3)17-9-7-8-16(12-17)13-22;1-4-8(2,3)5-6-7(9)10-6/h7-12,15,23H,6,13,22H2,1-5H3;5H,4H2,1-3H3. The van der Waals surface area contributed by atoms with Crippen molar-refractivity contribution in [3.8, 4) is 5.75 Å². The van der Waals surface area contributed by atoms with Crippen molar-refractivity contribution in [1.82, 2.24) is 0 Å². The predicted octanol–water partition coefficient (Wildman–Crippen LogP) is 6.86. The van der Waals surface area contributed by atoms with Gasteiger partial charge < -0.3 is 15.6 Å². The zero-order valence-corrected chi connectivity index (χ0v) is 21.6. The third-order valence-corrected chi connectivity index (χ3v) is 6.85. The van der Waals surface area contributed by atoms with Crippen molar-refractivity contribution in [3.05, 3.63) is 76.1 Å². The highest BCUT2D eigenvalue weighted by Crippen LogP contribution is 2.41. The molecule has 1 fully saturated rings. The SMILES string of the molecule is CCC(C)(C)C=C1OC1=O.CCC(C)(C)c1cc(C)cc(C(C)c2cccc(CN)c2)c1O. The maximum atomic E-state index is 10.9. The smallest absolute Gasteiger partial charge is 0.379 e. The van der Waals surface area contributed by atoms with Crippen LogP contribution in [0.4, 0.5) is 0 Å². The first-order valence-electron chi connectivity index (χ1n) is 11.9. The Morgan fingerprint density at radius 1 is 1.09 bits per heavy atom. The Labute approximate surface area is 199 Å². The van der Waals surface area contributed by atoms with Gasteiger partial charge in [-0.15, -0.1) is 0 Å². The van der Waals surface area contributed by atoms with E-state index in [0.29, 0.717) is 18.1 Å². The van der Waals surface area contributed by atoms with Gasteiger partial charge in [-0.25, -0.2) is 4.79 Å². The van der Waals surface area contributed by atoms with Gasteiger partial charge in [0.05, 0.1) is 0 Å². The van der Waals surface area contributed by atoms with E-state index < -0.39 is 0 Å². The number of benzene rings is 2. The van der Waals surface area contributed by atoms with E-state index in [2.05, 4.69) is 84.4 Å². The number of nitrogens with two attached hydrogens (primary N) is 1. The monoisotopic (exact) mass is 451 g/mol. The zero-order valence-electron chi connectivity index (χ0n) is 21.6. The molecule has 4 heteroatoms. The molecular weight excluding hydrogens is 410 g/mol. The van der Waals surface area contributed by atoms with Gasteiger partial charge in [-0.1, -0.05) is 90.4 Å². The van der Waals surface area contributed by atoms with E-state index in [9.17, 15) is 9.90 Å². The second-order valence-electron chi connectivity index (χ2n) is 10.4. The molecule has 0 aromatic heterocycles. The maximum absolute atomic E-state index is 10.9. The van der Waals surface area contributed by atoms with Crippen molar-refractivity contribution in [2.24, 2.45) is 11.1 Å². The first-order chi connectivity index (χ1) is 15.3. The minimum absolute atomic E-state index is 0.0380. The van der Waals surface area contributed by atoms with Gasteiger partial charge in [0.25, 0.3) is 0 Å². The molecule has 33 heavy (non-hydrogen) atoms. The molecule has 2 aromatic rings. The fourth-order valence-corrected chi connectivity index (χ4v) is 3.63. The number of phenolic OH excluding ortho intramolecular Hbond substituents is 1. The van der Waals surface area contributed by atoms with Crippen LogP contribution in [0.2, 0.25) is 0 Å². The Morgan fingerprint density at radius 3 is 2.24 bits per heavy atom. The van der Waals surface area contributed by atoms with Crippen LogP contribution in [0.25, 0.3) is 0 Å². The zero-order chi connectivity index (χ0) is 25.0. The lowest BCUT2D eigenvalue weighted by Gasteiger charge is -2.27. The fraction of sp³-hybridized carbons (Fsp3) is 0.483. The molecule has 180 valence electrons. The number of allylic oxidation sites excluding steroid dienone is 1. The molecule has 1 aliphatic rings. The van der Waals surface area contributed by atoms with Crippen LogP contribution >= 0.6 is 0 Å². The summed E-state index contributed by atoms with van der Waals surface area (Å²) in [5, 5.41) is 10.9. The Hall–Kier alpha value is -2.59. The molecule has 0 aliphatic carbocycles. The van der Waals surface area contributed by atoms with Gasteiger partial charge in [0.1, 0.15) is 5.75 Å². The molecule has 0 radical (unpaired) electrons. The molecule has 1 saturated heterocycles. The number of carbonyl (C=O) groups is 1. The van der Waals surface area contributed by atoms with Crippen molar-refractivity contribution in [2.45, 2.75) is 86.1 Å². The largest absolute Gasteiger partial charge is 0.507 e. The van der Waals surface area contributed by atoms with E-state index in [-0.39, 0.29) is 22.7 Å². The van der Waals surface area contributed by atoms with Gasteiger partial charge in [0, 0.05) is 23.6 Å². The summed E-state index contributed by atoms with van der Waals surface area (Å²) in [6, 6.07) is 12.5. The van der Waals surface area contributed by atoms with Gasteiger partial charge in [0.15, 0.2) is 0 Å². The highest BCUT2D eigenvalue weighted by Gasteiger charge is 2.32. The van der Waals surface area contributed by atoms with Crippen LogP contribution in [0.1, 0.15) is 95.0 Å². The molecule has 3 N–H and O–H groups in total. The molecule has 0 bridgehead atoms. The van der Waals surface area contributed by atoms with Crippen LogP contribution in [-0.4, -0.2) is 11.1 Å². The van der Waals surface area contributed by atoms with Crippen LogP contribution < -0.4 is 5.73 Å². The molecule has 1 aliphatic heterocycles. The molecule has 1 atom stereocenters. The van der Waals surface area contributed by atoms with E-state index >= 15 is 0 Å². The van der Waals surface area contributed by atoms with Crippen LogP contribution in [-0.2, 0) is 21.5 Å². The number of ether oxygens (including phenoxy) is 1. The lowest BCUT2D eigenvalue weighted by molar-refractivity contribution is -0.117. The van der Waals surface area contributed by atoms with Crippen molar-refractivity contribution >= 4 is 5.97 Å². The van der Waals surface area contributed by atoms with Crippen molar-refractivity contribution < 1.29 is 14.6 Å². The van der Waals surface area contributed by atoms with Crippen LogP contribution in [0.3, 0.4) is 0 Å². The Bertz CT molecular complexity index is 1020. The molecule has 0 saturated carbocycles. The minimum Gasteiger partial charge on any atom is -0.507 e. The maximum Gasteiger partial charge on any atom is 0.379 e. The average molecular weight is 452 g/mol.